The summed E-state index contributed by atoms with van der Waals surface area (Å²) in [5.74, 6) is 1.78. The maximum atomic E-state index is 13.3. The van der Waals surface area contributed by atoms with Gasteiger partial charge in [0.2, 0.25) is 0 Å². The average molecular weight is 619 g/mol. The second-order valence-corrected chi connectivity index (χ2v) is 20.5. The lowest BCUT2D eigenvalue weighted by atomic mass is 9.28. The SMILES string of the molecule is [CH2]CC(C)CC(C)(C)[C](C12CC3(C)CC(C)(CC(OC(=O)C(=C)C)(C3)C1)C2)C12CC3(C)CC(C)(CC(OC(=O)C(=C)C)(C3)C1)C2. The molecule has 0 aromatic carbocycles. The first kappa shape index (κ1) is 33.3. The maximum absolute atomic E-state index is 13.3. The highest BCUT2D eigenvalue weighted by molar-refractivity contribution is 5.87. The van der Waals surface area contributed by atoms with Gasteiger partial charge in [0.15, 0.2) is 0 Å². The number of hydrogen-bond acceptors (Lipinski definition) is 4. The van der Waals surface area contributed by atoms with Crippen molar-refractivity contribution < 1.29 is 19.1 Å². The number of esters is 2. The fourth-order valence-corrected chi connectivity index (χ4v) is 15.6. The summed E-state index contributed by atoms with van der Waals surface area (Å²) < 4.78 is 13.3. The Morgan fingerprint density at radius 3 is 1.27 bits per heavy atom. The Hall–Kier alpha value is -1.58. The normalized spacial score (nSPS) is 46.7. The molecular weight excluding hydrogens is 556 g/mol. The molecule has 5 atom stereocenters. The minimum atomic E-state index is -0.465. The molecule has 0 aromatic rings. The summed E-state index contributed by atoms with van der Waals surface area (Å²) in [7, 11) is 0. The van der Waals surface area contributed by atoms with E-state index in [4.69, 9.17) is 9.47 Å². The van der Waals surface area contributed by atoms with Gasteiger partial charge in [0.05, 0.1) is 0 Å². The van der Waals surface area contributed by atoms with E-state index < -0.39 is 11.2 Å². The van der Waals surface area contributed by atoms with Crippen molar-refractivity contribution in [2.75, 3.05) is 0 Å². The highest BCUT2D eigenvalue weighted by Gasteiger charge is 2.76. The van der Waals surface area contributed by atoms with Gasteiger partial charge in [-0.1, -0.05) is 75.0 Å². The molecule has 5 unspecified atom stereocenters. The van der Waals surface area contributed by atoms with Gasteiger partial charge in [-0.3, -0.25) is 0 Å². The Balaban J connectivity index is 1.54. The zero-order valence-electron chi connectivity index (χ0n) is 30.2. The van der Waals surface area contributed by atoms with Crippen LogP contribution in [-0.2, 0) is 19.1 Å². The third-order valence-corrected chi connectivity index (χ3v) is 13.5. The molecule has 0 aliphatic heterocycles. The van der Waals surface area contributed by atoms with Crippen molar-refractivity contribution in [2.45, 2.75) is 163 Å². The minimum absolute atomic E-state index is 0.0457. The standard InChI is InChI=1S/C41H62O4/c1-13-29(6)14-33(7,8)32(38-17-34(9)15-35(10,18-38)22-40(21-34,25-38)44-30(42)27(2)3)39-19-36(11)16-37(12,20-39)24-41(23-36,26-39)45-31(43)28(4)5/h29H,1-2,4,13-26H2,3,5-12H3. The molecule has 8 rings (SSSR count). The number of rotatable bonds is 10. The van der Waals surface area contributed by atoms with Gasteiger partial charge in [-0.05, 0) is 147 Å². The highest BCUT2D eigenvalue weighted by Crippen LogP contribution is 2.83. The van der Waals surface area contributed by atoms with Crippen LogP contribution in [-0.4, -0.2) is 23.1 Å². The predicted molar refractivity (Wildman–Crippen MR) is 181 cm³/mol. The average Bonchev–Trinajstić information content (AvgIpc) is 2.77. The molecule has 8 bridgehead atoms. The quantitative estimate of drug-likeness (QED) is 0.181. The lowest BCUT2D eigenvalue weighted by Gasteiger charge is -2.77. The van der Waals surface area contributed by atoms with E-state index in [1.807, 2.05) is 0 Å². The van der Waals surface area contributed by atoms with Crippen LogP contribution in [0.4, 0.5) is 0 Å². The van der Waals surface area contributed by atoms with E-state index in [2.05, 4.69) is 68.5 Å². The Morgan fingerprint density at radius 2 is 0.978 bits per heavy atom. The molecule has 8 fully saturated rings. The van der Waals surface area contributed by atoms with Gasteiger partial charge in [0.25, 0.3) is 0 Å². The van der Waals surface area contributed by atoms with Gasteiger partial charge in [-0.2, -0.15) is 0 Å². The fourth-order valence-electron chi connectivity index (χ4n) is 15.6. The summed E-state index contributed by atoms with van der Waals surface area (Å²) in [6.45, 7) is 33.2. The van der Waals surface area contributed by atoms with Crippen molar-refractivity contribution in [1.82, 2.24) is 0 Å². The Morgan fingerprint density at radius 1 is 0.644 bits per heavy atom. The highest BCUT2D eigenvalue weighted by atomic mass is 16.6. The minimum Gasteiger partial charge on any atom is -0.456 e. The molecule has 0 heterocycles. The molecule has 8 aliphatic carbocycles. The molecule has 0 spiro atoms. The van der Waals surface area contributed by atoms with Crippen LogP contribution in [0, 0.1) is 56.7 Å². The molecule has 0 aromatic heterocycles. The van der Waals surface area contributed by atoms with Crippen LogP contribution < -0.4 is 0 Å². The van der Waals surface area contributed by atoms with E-state index in [1.165, 1.54) is 12.8 Å². The van der Waals surface area contributed by atoms with E-state index >= 15 is 0 Å². The maximum Gasteiger partial charge on any atom is 0.333 e. The molecule has 0 amide bonds. The number of carbonyl (C=O) groups excluding carboxylic acids is 2. The third-order valence-electron chi connectivity index (χ3n) is 13.5. The van der Waals surface area contributed by atoms with E-state index in [1.54, 1.807) is 19.8 Å². The van der Waals surface area contributed by atoms with Crippen LogP contribution in [0.5, 0.6) is 0 Å². The second-order valence-electron chi connectivity index (χ2n) is 20.5. The molecule has 45 heavy (non-hydrogen) atoms. The first-order valence-corrected chi connectivity index (χ1v) is 17.9. The van der Waals surface area contributed by atoms with Gasteiger partial charge in [-0.25, -0.2) is 9.59 Å². The molecule has 0 N–H and O–H groups in total. The van der Waals surface area contributed by atoms with Crippen molar-refractivity contribution in [1.29, 1.82) is 0 Å². The molecular formula is C41H62O4. The second kappa shape index (κ2) is 9.74. The van der Waals surface area contributed by atoms with Crippen molar-refractivity contribution in [3.63, 3.8) is 0 Å². The fraction of sp³-hybridized carbons (Fsp3) is 0.805. The third kappa shape index (κ3) is 5.39. The van der Waals surface area contributed by atoms with Crippen LogP contribution >= 0.6 is 0 Å². The lowest BCUT2D eigenvalue weighted by Crippen LogP contribution is -2.71. The molecule has 250 valence electrons. The van der Waals surface area contributed by atoms with Crippen molar-refractivity contribution in [3.05, 3.63) is 37.1 Å². The zero-order chi connectivity index (χ0) is 33.3. The van der Waals surface area contributed by atoms with Crippen LogP contribution in [0.1, 0.15) is 152 Å². The monoisotopic (exact) mass is 618 g/mol. The summed E-state index contributed by atoms with van der Waals surface area (Å²) in [4.78, 5) is 26.6. The number of carbonyl (C=O) groups is 2. The van der Waals surface area contributed by atoms with Gasteiger partial charge < -0.3 is 9.47 Å². The summed E-state index contributed by atoms with van der Waals surface area (Å²) in [5.41, 5.74) is 0.354. The molecule has 4 heteroatoms. The number of hydrogen-bond donors (Lipinski definition) is 0. The molecule has 4 nitrogen and oxygen atoms in total. The lowest BCUT2D eigenvalue weighted by molar-refractivity contribution is -0.267. The predicted octanol–water partition coefficient (Wildman–Crippen LogP) is 10.3. The molecule has 2 radical (unpaired) electrons. The molecule has 0 saturated heterocycles. The van der Waals surface area contributed by atoms with Crippen LogP contribution in [0.2, 0.25) is 0 Å². The first-order chi connectivity index (χ1) is 20.5. The Bertz CT molecular complexity index is 1190. The van der Waals surface area contributed by atoms with Crippen LogP contribution in [0.15, 0.2) is 24.3 Å². The summed E-state index contributed by atoms with van der Waals surface area (Å²) in [6.07, 6.45) is 14.6. The van der Waals surface area contributed by atoms with Crippen molar-refractivity contribution in [3.8, 4) is 0 Å². The summed E-state index contributed by atoms with van der Waals surface area (Å²) in [5, 5.41) is 0. The van der Waals surface area contributed by atoms with E-state index in [0.717, 1.165) is 77.0 Å². The van der Waals surface area contributed by atoms with Gasteiger partial charge in [0.1, 0.15) is 11.2 Å². The summed E-state index contributed by atoms with van der Waals surface area (Å²) >= 11 is 0. The van der Waals surface area contributed by atoms with E-state index in [0.29, 0.717) is 17.1 Å². The Labute approximate surface area is 274 Å². The largest absolute Gasteiger partial charge is 0.456 e. The van der Waals surface area contributed by atoms with E-state index in [9.17, 15) is 9.59 Å². The number of ether oxygens (including phenoxy) is 2. The molecule has 8 saturated carbocycles. The van der Waals surface area contributed by atoms with Crippen LogP contribution in [0.25, 0.3) is 0 Å². The van der Waals surface area contributed by atoms with Gasteiger partial charge >= 0.3 is 11.9 Å². The summed E-state index contributed by atoms with van der Waals surface area (Å²) in [6, 6.07) is 0. The zero-order valence-corrected chi connectivity index (χ0v) is 30.2. The van der Waals surface area contributed by atoms with Crippen LogP contribution in [0.3, 0.4) is 0 Å². The van der Waals surface area contributed by atoms with Crippen molar-refractivity contribution in [2.24, 2.45) is 43.8 Å². The first-order valence-electron chi connectivity index (χ1n) is 17.9. The van der Waals surface area contributed by atoms with E-state index in [-0.39, 0.29) is 49.8 Å². The molecule has 8 aliphatic rings. The van der Waals surface area contributed by atoms with Gasteiger partial charge in [0, 0.05) is 11.1 Å². The Kier molecular flexibility index (Phi) is 7.22. The topological polar surface area (TPSA) is 52.6 Å². The van der Waals surface area contributed by atoms with Gasteiger partial charge in [-0.15, -0.1) is 0 Å². The smallest absolute Gasteiger partial charge is 0.333 e. The van der Waals surface area contributed by atoms with Crippen molar-refractivity contribution >= 4 is 11.9 Å².